The molecule has 4 nitrogen and oxygen atoms in total. The van der Waals surface area contributed by atoms with Crippen LogP contribution in [0.3, 0.4) is 0 Å². The zero-order valence-corrected chi connectivity index (χ0v) is 12.8. The molecule has 0 saturated carbocycles. The molecule has 0 aliphatic heterocycles. The van der Waals surface area contributed by atoms with Crippen molar-refractivity contribution in [2.45, 2.75) is 20.1 Å². The standard InChI is InChI=1S/C18H22N2O2/c1-14(11-19)18(21)20-17-10-6-5-9-16(17)13-22-12-15-7-3-2-4-8-15/h2-10,14H,11-13,19H2,1H3,(H,20,21). The van der Waals surface area contributed by atoms with E-state index < -0.39 is 0 Å². The van der Waals surface area contributed by atoms with Crippen molar-refractivity contribution in [2.24, 2.45) is 11.7 Å². The minimum absolute atomic E-state index is 0.0713. The molecule has 0 spiro atoms. The largest absolute Gasteiger partial charge is 0.372 e. The van der Waals surface area contributed by atoms with Crippen LogP contribution in [0.5, 0.6) is 0 Å². The highest BCUT2D eigenvalue weighted by Gasteiger charge is 2.12. The molecule has 0 fully saturated rings. The Hall–Kier alpha value is -2.17. The van der Waals surface area contributed by atoms with Gasteiger partial charge in [-0.05, 0) is 11.6 Å². The first-order chi connectivity index (χ1) is 10.7. The van der Waals surface area contributed by atoms with Gasteiger partial charge < -0.3 is 15.8 Å². The van der Waals surface area contributed by atoms with E-state index in [1.807, 2.05) is 61.5 Å². The molecule has 116 valence electrons. The minimum Gasteiger partial charge on any atom is -0.372 e. The monoisotopic (exact) mass is 298 g/mol. The lowest BCUT2D eigenvalue weighted by Crippen LogP contribution is -2.27. The number of para-hydroxylation sites is 1. The first kappa shape index (κ1) is 16.2. The summed E-state index contributed by atoms with van der Waals surface area (Å²) in [6.07, 6.45) is 0. The lowest BCUT2D eigenvalue weighted by atomic mass is 10.1. The zero-order chi connectivity index (χ0) is 15.8. The number of nitrogens with two attached hydrogens (primary N) is 1. The molecular weight excluding hydrogens is 276 g/mol. The Kier molecular flexibility index (Phi) is 6.13. The number of hydrogen-bond donors (Lipinski definition) is 2. The number of rotatable bonds is 7. The van der Waals surface area contributed by atoms with Crippen molar-refractivity contribution in [2.75, 3.05) is 11.9 Å². The third-order valence-electron chi connectivity index (χ3n) is 3.45. The van der Waals surface area contributed by atoms with Crippen LogP contribution in [-0.4, -0.2) is 12.5 Å². The summed E-state index contributed by atoms with van der Waals surface area (Å²) in [6.45, 7) is 3.13. The number of ether oxygens (including phenoxy) is 1. The quantitative estimate of drug-likeness (QED) is 0.826. The van der Waals surface area contributed by atoms with Gasteiger partial charge in [0.1, 0.15) is 0 Å². The molecule has 0 radical (unpaired) electrons. The van der Waals surface area contributed by atoms with Gasteiger partial charge in [0.2, 0.25) is 5.91 Å². The third kappa shape index (κ3) is 4.69. The number of anilines is 1. The lowest BCUT2D eigenvalue weighted by Gasteiger charge is -2.14. The molecule has 22 heavy (non-hydrogen) atoms. The van der Waals surface area contributed by atoms with E-state index in [9.17, 15) is 4.79 Å². The zero-order valence-electron chi connectivity index (χ0n) is 12.8. The molecule has 1 atom stereocenters. The van der Waals surface area contributed by atoms with Gasteiger partial charge in [0, 0.05) is 23.7 Å². The fourth-order valence-corrected chi connectivity index (χ4v) is 1.98. The highest BCUT2D eigenvalue weighted by molar-refractivity contribution is 5.93. The summed E-state index contributed by atoms with van der Waals surface area (Å²) in [5.41, 5.74) is 8.38. The summed E-state index contributed by atoms with van der Waals surface area (Å²) in [5.74, 6) is -0.281. The summed E-state index contributed by atoms with van der Waals surface area (Å²) in [4.78, 5) is 12.0. The Morgan fingerprint density at radius 1 is 1.09 bits per heavy atom. The second kappa shape index (κ2) is 8.32. The average Bonchev–Trinajstić information content (AvgIpc) is 2.56. The molecule has 4 heteroatoms. The lowest BCUT2D eigenvalue weighted by molar-refractivity contribution is -0.119. The maximum absolute atomic E-state index is 12.0. The van der Waals surface area contributed by atoms with Crippen LogP contribution in [0.2, 0.25) is 0 Å². The van der Waals surface area contributed by atoms with Crippen LogP contribution in [0.15, 0.2) is 54.6 Å². The van der Waals surface area contributed by atoms with Gasteiger partial charge in [0.05, 0.1) is 13.2 Å². The highest BCUT2D eigenvalue weighted by Crippen LogP contribution is 2.17. The molecule has 2 aromatic carbocycles. The van der Waals surface area contributed by atoms with E-state index in [4.69, 9.17) is 10.5 Å². The first-order valence-electron chi connectivity index (χ1n) is 7.41. The number of nitrogens with one attached hydrogen (secondary N) is 1. The normalized spacial score (nSPS) is 11.9. The van der Waals surface area contributed by atoms with Gasteiger partial charge >= 0.3 is 0 Å². The van der Waals surface area contributed by atoms with Gasteiger partial charge in [-0.2, -0.15) is 0 Å². The number of benzene rings is 2. The van der Waals surface area contributed by atoms with E-state index in [1.54, 1.807) is 0 Å². The van der Waals surface area contributed by atoms with Crippen LogP contribution >= 0.6 is 0 Å². The molecular formula is C18H22N2O2. The molecule has 0 aliphatic carbocycles. The average molecular weight is 298 g/mol. The van der Waals surface area contributed by atoms with Crippen molar-refractivity contribution in [3.63, 3.8) is 0 Å². The van der Waals surface area contributed by atoms with Crippen LogP contribution < -0.4 is 11.1 Å². The van der Waals surface area contributed by atoms with Crippen molar-refractivity contribution in [1.82, 2.24) is 0 Å². The first-order valence-corrected chi connectivity index (χ1v) is 7.41. The van der Waals surface area contributed by atoms with Gasteiger partial charge in [-0.3, -0.25) is 4.79 Å². The maximum atomic E-state index is 12.0. The van der Waals surface area contributed by atoms with Crippen LogP contribution in [0, 0.1) is 5.92 Å². The molecule has 2 aromatic rings. The number of amides is 1. The third-order valence-corrected chi connectivity index (χ3v) is 3.45. The molecule has 0 heterocycles. The van der Waals surface area contributed by atoms with E-state index in [-0.39, 0.29) is 11.8 Å². The highest BCUT2D eigenvalue weighted by atomic mass is 16.5. The van der Waals surface area contributed by atoms with E-state index >= 15 is 0 Å². The molecule has 0 bridgehead atoms. The second-order valence-electron chi connectivity index (χ2n) is 5.26. The van der Waals surface area contributed by atoms with Crippen molar-refractivity contribution < 1.29 is 9.53 Å². The summed E-state index contributed by atoms with van der Waals surface area (Å²) < 4.78 is 5.74. The van der Waals surface area contributed by atoms with Crippen molar-refractivity contribution >= 4 is 11.6 Å². The van der Waals surface area contributed by atoms with Crippen molar-refractivity contribution in [1.29, 1.82) is 0 Å². The van der Waals surface area contributed by atoms with E-state index in [2.05, 4.69) is 5.32 Å². The van der Waals surface area contributed by atoms with Crippen LogP contribution in [0.25, 0.3) is 0 Å². The topological polar surface area (TPSA) is 64.4 Å². The number of hydrogen-bond acceptors (Lipinski definition) is 3. The fourth-order valence-electron chi connectivity index (χ4n) is 1.98. The van der Waals surface area contributed by atoms with Crippen LogP contribution in [-0.2, 0) is 22.7 Å². The summed E-state index contributed by atoms with van der Waals surface area (Å²) >= 11 is 0. The molecule has 0 saturated heterocycles. The molecule has 0 aliphatic rings. The molecule has 0 aromatic heterocycles. The summed E-state index contributed by atoms with van der Waals surface area (Å²) in [7, 11) is 0. The smallest absolute Gasteiger partial charge is 0.228 e. The van der Waals surface area contributed by atoms with Crippen LogP contribution in [0.1, 0.15) is 18.1 Å². The molecule has 3 N–H and O–H groups in total. The number of carbonyl (C=O) groups is 1. The van der Waals surface area contributed by atoms with Crippen molar-refractivity contribution in [3.8, 4) is 0 Å². The van der Waals surface area contributed by atoms with Gasteiger partial charge in [0.15, 0.2) is 0 Å². The minimum atomic E-state index is -0.210. The Morgan fingerprint density at radius 2 is 1.77 bits per heavy atom. The summed E-state index contributed by atoms with van der Waals surface area (Å²) in [5, 5.41) is 2.91. The van der Waals surface area contributed by atoms with Crippen LogP contribution in [0.4, 0.5) is 5.69 Å². The molecule has 1 unspecified atom stereocenters. The Bertz CT molecular complexity index is 599. The molecule has 1 amide bonds. The van der Waals surface area contributed by atoms with Crippen molar-refractivity contribution in [3.05, 3.63) is 65.7 Å². The van der Waals surface area contributed by atoms with E-state index in [0.717, 1.165) is 16.8 Å². The molecule has 2 rings (SSSR count). The second-order valence-corrected chi connectivity index (χ2v) is 5.26. The Labute approximate surface area is 131 Å². The van der Waals surface area contributed by atoms with Gasteiger partial charge in [-0.1, -0.05) is 55.5 Å². The Balaban J connectivity index is 1.95. The van der Waals surface area contributed by atoms with Gasteiger partial charge in [-0.15, -0.1) is 0 Å². The number of carbonyl (C=O) groups excluding carboxylic acids is 1. The Morgan fingerprint density at radius 3 is 2.50 bits per heavy atom. The summed E-state index contributed by atoms with van der Waals surface area (Å²) in [6, 6.07) is 17.7. The van der Waals surface area contributed by atoms with E-state index in [0.29, 0.717) is 19.8 Å². The SMILES string of the molecule is CC(CN)C(=O)Nc1ccccc1COCc1ccccc1. The van der Waals surface area contributed by atoms with Gasteiger partial charge in [0.25, 0.3) is 0 Å². The predicted octanol–water partition coefficient (Wildman–Crippen LogP) is 2.94. The maximum Gasteiger partial charge on any atom is 0.228 e. The van der Waals surface area contributed by atoms with Gasteiger partial charge in [-0.25, -0.2) is 0 Å². The fraction of sp³-hybridized carbons (Fsp3) is 0.278. The van der Waals surface area contributed by atoms with E-state index in [1.165, 1.54) is 0 Å². The predicted molar refractivity (Wildman–Crippen MR) is 88.2 cm³/mol.